The molecule has 1 unspecified atom stereocenters. The summed E-state index contributed by atoms with van der Waals surface area (Å²) in [5, 5.41) is 10.3. The average Bonchev–Trinajstić information content (AvgIpc) is 2.89. The van der Waals surface area contributed by atoms with Gasteiger partial charge in [-0.2, -0.15) is 5.10 Å². The lowest BCUT2D eigenvalue weighted by molar-refractivity contribution is -0.126. The van der Waals surface area contributed by atoms with Gasteiger partial charge in [-0.25, -0.2) is 0 Å². The Kier molecular flexibility index (Phi) is 3.47. The summed E-state index contributed by atoms with van der Waals surface area (Å²) in [4.78, 5) is 12.0. The van der Waals surface area contributed by atoms with Crippen molar-refractivity contribution in [3.63, 3.8) is 0 Å². The monoisotopic (exact) mass is 236 g/mol. The molecule has 1 aromatic heterocycles. The molecule has 0 radical (unpaired) electrons. The minimum absolute atomic E-state index is 0.110. The van der Waals surface area contributed by atoms with Crippen LogP contribution in [-0.4, -0.2) is 34.3 Å². The first-order valence-electron chi connectivity index (χ1n) is 6.11. The van der Waals surface area contributed by atoms with Gasteiger partial charge < -0.3 is 10.6 Å². The quantitative estimate of drug-likeness (QED) is 0.786. The molecule has 1 saturated heterocycles. The molecule has 5 nitrogen and oxygen atoms in total. The Morgan fingerprint density at radius 2 is 2.53 bits per heavy atom. The van der Waals surface area contributed by atoms with Crippen molar-refractivity contribution in [2.75, 3.05) is 13.1 Å². The number of amides is 1. The second-order valence-corrected chi connectivity index (χ2v) is 4.89. The summed E-state index contributed by atoms with van der Waals surface area (Å²) in [6, 6.07) is 0. The van der Waals surface area contributed by atoms with Crippen LogP contribution in [0.5, 0.6) is 0 Å². The van der Waals surface area contributed by atoms with Crippen LogP contribution < -0.4 is 10.6 Å². The summed E-state index contributed by atoms with van der Waals surface area (Å²) >= 11 is 0. The van der Waals surface area contributed by atoms with Crippen LogP contribution in [0.4, 0.5) is 0 Å². The first kappa shape index (κ1) is 12.1. The second-order valence-electron chi connectivity index (χ2n) is 4.89. The summed E-state index contributed by atoms with van der Waals surface area (Å²) < 4.78 is 1.77. The molecule has 0 saturated carbocycles. The third-order valence-electron chi connectivity index (χ3n) is 3.33. The summed E-state index contributed by atoms with van der Waals surface area (Å²) in [7, 11) is 1.89. The Balaban J connectivity index is 1.77. The Bertz CT molecular complexity index is 393. The van der Waals surface area contributed by atoms with Crippen molar-refractivity contribution in [3.05, 3.63) is 18.0 Å². The standard InChI is InChI=1S/C12H20N4O/c1-12(5-3-6-14-12)11(17)13-7-4-10-8-15-16(2)9-10/h8-9,14H,3-7H2,1-2H3,(H,13,17). The molecule has 1 aromatic rings. The zero-order valence-electron chi connectivity index (χ0n) is 10.5. The molecular formula is C12H20N4O. The van der Waals surface area contributed by atoms with Gasteiger partial charge >= 0.3 is 0 Å². The maximum absolute atomic E-state index is 12.0. The van der Waals surface area contributed by atoms with E-state index in [0.29, 0.717) is 6.54 Å². The van der Waals surface area contributed by atoms with E-state index in [-0.39, 0.29) is 11.4 Å². The molecule has 1 fully saturated rings. The molecule has 0 aromatic carbocycles. The molecule has 1 atom stereocenters. The maximum Gasteiger partial charge on any atom is 0.240 e. The number of carbonyl (C=O) groups excluding carboxylic acids is 1. The van der Waals surface area contributed by atoms with Crippen LogP contribution in [0, 0.1) is 0 Å². The molecule has 94 valence electrons. The van der Waals surface area contributed by atoms with Crippen LogP contribution in [0.1, 0.15) is 25.3 Å². The second kappa shape index (κ2) is 4.87. The Morgan fingerprint density at radius 3 is 3.12 bits per heavy atom. The van der Waals surface area contributed by atoms with Crippen LogP contribution in [0.3, 0.4) is 0 Å². The largest absolute Gasteiger partial charge is 0.354 e. The normalized spacial score (nSPS) is 23.9. The van der Waals surface area contributed by atoms with Crippen molar-refractivity contribution in [3.8, 4) is 0 Å². The predicted octanol–water partition coefficient (Wildman–Crippen LogP) is 0.221. The fourth-order valence-corrected chi connectivity index (χ4v) is 2.20. The summed E-state index contributed by atoms with van der Waals surface area (Å²) in [6.45, 7) is 3.58. The minimum Gasteiger partial charge on any atom is -0.354 e. The van der Waals surface area contributed by atoms with Gasteiger partial charge in [0.25, 0.3) is 0 Å². The van der Waals surface area contributed by atoms with Gasteiger partial charge in [0.15, 0.2) is 0 Å². The van der Waals surface area contributed by atoms with E-state index in [1.54, 1.807) is 4.68 Å². The highest BCUT2D eigenvalue weighted by Gasteiger charge is 2.35. The van der Waals surface area contributed by atoms with Crippen LogP contribution in [0.15, 0.2) is 12.4 Å². The Morgan fingerprint density at radius 1 is 1.71 bits per heavy atom. The van der Waals surface area contributed by atoms with Crippen molar-refractivity contribution in [2.45, 2.75) is 31.7 Å². The summed E-state index contributed by atoms with van der Waals surface area (Å²) in [5.41, 5.74) is 0.784. The van der Waals surface area contributed by atoms with Gasteiger partial charge in [0, 0.05) is 19.8 Å². The number of hydrogen-bond donors (Lipinski definition) is 2. The van der Waals surface area contributed by atoms with E-state index in [1.165, 1.54) is 0 Å². The predicted molar refractivity (Wildman–Crippen MR) is 65.6 cm³/mol. The van der Waals surface area contributed by atoms with E-state index in [9.17, 15) is 4.79 Å². The summed E-state index contributed by atoms with van der Waals surface area (Å²) in [6.07, 6.45) is 6.64. The van der Waals surface area contributed by atoms with Gasteiger partial charge in [-0.15, -0.1) is 0 Å². The van der Waals surface area contributed by atoms with E-state index >= 15 is 0 Å². The number of rotatable bonds is 4. The third-order valence-corrected chi connectivity index (χ3v) is 3.33. The van der Waals surface area contributed by atoms with E-state index in [2.05, 4.69) is 15.7 Å². The smallest absolute Gasteiger partial charge is 0.240 e. The molecule has 1 amide bonds. The highest BCUT2D eigenvalue weighted by Crippen LogP contribution is 2.18. The van der Waals surface area contributed by atoms with Crippen molar-refractivity contribution < 1.29 is 4.79 Å². The Labute approximate surface area is 102 Å². The lowest BCUT2D eigenvalue weighted by Gasteiger charge is -2.22. The first-order valence-corrected chi connectivity index (χ1v) is 6.11. The molecule has 17 heavy (non-hydrogen) atoms. The molecule has 0 spiro atoms. The van der Waals surface area contributed by atoms with Crippen molar-refractivity contribution in [2.24, 2.45) is 7.05 Å². The molecule has 2 N–H and O–H groups in total. The lowest BCUT2D eigenvalue weighted by atomic mass is 9.99. The molecule has 0 aliphatic carbocycles. The number of aromatic nitrogens is 2. The zero-order chi connectivity index (χ0) is 12.3. The van der Waals surface area contributed by atoms with Gasteiger partial charge in [0.05, 0.1) is 11.7 Å². The molecule has 5 heteroatoms. The number of carbonyl (C=O) groups is 1. The first-order chi connectivity index (χ1) is 8.10. The fourth-order valence-electron chi connectivity index (χ4n) is 2.20. The zero-order valence-corrected chi connectivity index (χ0v) is 10.5. The van der Waals surface area contributed by atoms with Crippen LogP contribution in [-0.2, 0) is 18.3 Å². The molecule has 2 heterocycles. The van der Waals surface area contributed by atoms with Gasteiger partial charge in [-0.05, 0) is 38.3 Å². The third kappa shape index (κ3) is 2.85. The van der Waals surface area contributed by atoms with Crippen molar-refractivity contribution in [1.29, 1.82) is 0 Å². The lowest BCUT2D eigenvalue weighted by Crippen LogP contribution is -2.51. The topological polar surface area (TPSA) is 59.0 Å². The molecule has 0 bridgehead atoms. The van der Waals surface area contributed by atoms with Gasteiger partial charge in [-0.1, -0.05) is 0 Å². The van der Waals surface area contributed by atoms with Gasteiger partial charge in [0.1, 0.15) is 0 Å². The fraction of sp³-hybridized carbons (Fsp3) is 0.667. The van der Waals surface area contributed by atoms with Crippen molar-refractivity contribution >= 4 is 5.91 Å². The average molecular weight is 236 g/mol. The van der Waals surface area contributed by atoms with Crippen molar-refractivity contribution in [1.82, 2.24) is 20.4 Å². The number of nitrogens with zero attached hydrogens (tertiary/aromatic N) is 2. The molecule has 1 aliphatic rings. The van der Waals surface area contributed by atoms with Gasteiger partial charge in [-0.3, -0.25) is 9.48 Å². The molecule has 1 aliphatic heterocycles. The SMILES string of the molecule is Cn1cc(CCNC(=O)C2(C)CCCN2)cn1. The Hall–Kier alpha value is -1.36. The van der Waals surface area contributed by atoms with Crippen LogP contribution >= 0.6 is 0 Å². The highest BCUT2D eigenvalue weighted by molar-refractivity contribution is 5.86. The number of nitrogens with one attached hydrogen (secondary N) is 2. The van der Waals surface area contributed by atoms with E-state index in [0.717, 1.165) is 31.4 Å². The molecular weight excluding hydrogens is 216 g/mol. The van der Waals surface area contributed by atoms with Crippen LogP contribution in [0.2, 0.25) is 0 Å². The number of aryl methyl sites for hydroxylation is 1. The van der Waals surface area contributed by atoms with Crippen LogP contribution in [0.25, 0.3) is 0 Å². The van der Waals surface area contributed by atoms with E-state index in [1.807, 2.05) is 26.4 Å². The van der Waals surface area contributed by atoms with E-state index < -0.39 is 0 Å². The molecule has 2 rings (SSSR count). The number of hydrogen-bond acceptors (Lipinski definition) is 3. The minimum atomic E-state index is -0.366. The van der Waals surface area contributed by atoms with E-state index in [4.69, 9.17) is 0 Å². The van der Waals surface area contributed by atoms with Gasteiger partial charge in [0.2, 0.25) is 5.91 Å². The maximum atomic E-state index is 12.0. The highest BCUT2D eigenvalue weighted by atomic mass is 16.2. The summed E-state index contributed by atoms with van der Waals surface area (Å²) in [5.74, 6) is 0.110.